The van der Waals surface area contributed by atoms with Crippen molar-refractivity contribution in [3.63, 3.8) is 0 Å². The molecule has 0 saturated carbocycles. The second-order valence-electron chi connectivity index (χ2n) is 7.44. The fraction of sp³-hybridized carbons (Fsp3) is 0.160. The second kappa shape index (κ2) is 11.4. The third kappa shape index (κ3) is 7.00. The number of benzene rings is 2. The highest BCUT2D eigenvalue weighted by molar-refractivity contribution is 7.80. The third-order valence-electron chi connectivity index (χ3n) is 4.72. The Morgan fingerprint density at radius 3 is 2.45 bits per heavy atom. The van der Waals surface area contributed by atoms with Crippen LogP contribution < -0.4 is 20.7 Å². The molecular weight excluding hydrogens is 454 g/mol. The van der Waals surface area contributed by atoms with Crippen LogP contribution >= 0.6 is 23.6 Å². The number of carbonyl (C=O) groups excluding carboxylic acids is 2. The Bertz CT molecular complexity index is 1150. The number of hydrogen-bond donors (Lipinski definition) is 3. The van der Waals surface area contributed by atoms with Gasteiger partial charge in [-0.05, 0) is 58.9 Å². The quantitative estimate of drug-likeness (QED) is 0.301. The molecule has 0 radical (unpaired) electrons. The summed E-state index contributed by atoms with van der Waals surface area (Å²) in [5, 5.41) is 10.4. The average Bonchev–Trinajstić information content (AvgIpc) is 3.34. The lowest BCUT2D eigenvalue weighted by Gasteiger charge is -2.13. The molecule has 1 aromatic heterocycles. The largest absolute Gasteiger partial charge is 0.494 e. The summed E-state index contributed by atoms with van der Waals surface area (Å²) in [5.41, 5.74) is 3.32. The van der Waals surface area contributed by atoms with Gasteiger partial charge in [0.1, 0.15) is 5.75 Å². The minimum absolute atomic E-state index is 0.150. The molecule has 6 nitrogen and oxygen atoms in total. The topological polar surface area (TPSA) is 79.5 Å². The van der Waals surface area contributed by atoms with Crippen molar-refractivity contribution in [2.24, 2.45) is 0 Å². The number of ether oxygens (including phenoxy) is 1. The van der Waals surface area contributed by atoms with Crippen LogP contribution in [0.25, 0.3) is 6.08 Å². The van der Waals surface area contributed by atoms with Gasteiger partial charge in [-0.2, -0.15) is 0 Å². The maximum atomic E-state index is 12.3. The van der Waals surface area contributed by atoms with Crippen LogP contribution in [0.1, 0.15) is 40.6 Å². The van der Waals surface area contributed by atoms with E-state index < -0.39 is 0 Å². The molecule has 0 saturated heterocycles. The predicted octanol–water partition coefficient (Wildman–Crippen LogP) is 5.66. The van der Waals surface area contributed by atoms with Crippen LogP contribution in [0.5, 0.6) is 5.75 Å². The molecule has 8 heteroatoms. The van der Waals surface area contributed by atoms with Crippen LogP contribution in [0.15, 0.2) is 66.1 Å². The molecule has 3 rings (SSSR count). The van der Waals surface area contributed by atoms with Crippen LogP contribution in [-0.2, 0) is 4.79 Å². The van der Waals surface area contributed by atoms with Gasteiger partial charge in [0.05, 0.1) is 17.7 Å². The van der Waals surface area contributed by atoms with E-state index in [9.17, 15) is 9.59 Å². The van der Waals surface area contributed by atoms with Crippen LogP contribution in [0.2, 0.25) is 0 Å². The zero-order chi connectivity index (χ0) is 23.8. The summed E-state index contributed by atoms with van der Waals surface area (Å²) in [6.07, 6.45) is 3.16. The number of amides is 2. The van der Waals surface area contributed by atoms with Crippen LogP contribution in [0, 0.1) is 0 Å². The van der Waals surface area contributed by atoms with Gasteiger partial charge in [0, 0.05) is 17.8 Å². The first kappa shape index (κ1) is 24.2. The monoisotopic (exact) mass is 479 g/mol. The maximum Gasteiger partial charge on any atom is 0.265 e. The van der Waals surface area contributed by atoms with Gasteiger partial charge >= 0.3 is 0 Å². The first-order chi connectivity index (χ1) is 15.9. The lowest BCUT2D eigenvalue weighted by Crippen LogP contribution is -2.32. The Labute approximate surface area is 202 Å². The number of hydrogen-bond acceptors (Lipinski definition) is 5. The first-order valence-corrected chi connectivity index (χ1v) is 11.6. The molecule has 0 fully saturated rings. The molecule has 0 atom stereocenters. The van der Waals surface area contributed by atoms with Crippen molar-refractivity contribution in [2.45, 2.75) is 19.8 Å². The summed E-state index contributed by atoms with van der Waals surface area (Å²) in [5.74, 6) is 0.369. The number of carbonyl (C=O) groups is 2. The minimum atomic E-state index is -0.341. The zero-order valence-electron chi connectivity index (χ0n) is 18.5. The lowest BCUT2D eigenvalue weighted by atomic mass is 10.0. The van der Waals surface area contributed by atoms with Crippen molar-refractivity contribution in [1.82, 2.24) is 5.32 Å². The molecule has 2 aromatic carbocycles. The summed E-state index contributed by atoms with van der Waals surface area (Å²) in [6.45, 7) is 4.27. The SMILES string of the molecule is COc1cc(NC(=S)NC(=O)/C=C/c2ccc(C(C)C)cc2)ccc1NC(=O)c1cccs1. The van der Waals surface area contributed by atoms with E-state index in [1.165, 1.54) is 30.1 Å². The van der Waals surface area contributed by atoms with E-state index in [0.29, 0.717) is 27.9 Å². The smallest absolute Gasteiger partial charge is 0.265 e. The standard InChI is InChI=1S/C25H25N3O3S2/c1-16(2)18-9-6-17(7-10-18)8-13-23(29)28-25(32)26-19-11-12-20(21(15-19)31-3)27-24(30)22-5-4-14-33-22/h4-16H,1-3H3,(H,27,30)(H2,26,28,29,32)/b13-8+. The van der Waals surface area contributed by atoms with Crippen molar-refractivity contribution < 1.29 is 14.3 Å². The number of methoxy groups -OCH3 is 1. The van der Waals surface area contributed by atoms with E-state index in [1.54, 1.807) is 30.3 Å². The second-order valence-corrected chi connectivity index (χ2v) is 8.80. The maximum absolute atomic E-state index is 12.3. The van der Waals surface area contributed by atoms with Crippen LogP contribution in [0.4, 0.5) is 11.4 Å². The summed E-state index contributed by atoms with van der Waals surface area (Å²) >= 11 is 6.60. The Balaban J connectivity index is 1.56. The highest BCUT2D eigenvalue weighted by Gasteiger charge is 2.12. The zero-order valence-corrected chi connectivity index (χ0v) is 20.2. The number of nitrogens with one attached hydrogen (secondary N) is 3. The molecule has 0 bridgehead atoms. The molecule has 0 unspecified atom stereocenters. The van der Waals surface area contributed by atoms with Gasteiger partial charge in [-0.1, -0.05) is 44.2 Å². The van der Waals surface area contributed by atoms with Gasteiger partial charge in [-0.3, -0.25) is 14.9 Å². The molecule has 0 aliphatic rings. The van der Waals surface area contributed by atoms with E-state index in [-0.39, 0.29) is 16.9 Å². The molecule has 1 heterocycles. The van der Waals surface area contributed by atoms with E-state index in [2.05, 4.69) is 29.8 Å². The van der Waals surface area contributed by atoms with Crippen LogP contribution in [0.3, 0.4) is 0 Å². The Morgan fingerprint density at radius 2 is 1.82 bits per heavy atom. The molecule has 3 N–H and O–H groups in total. The highest BCUT2D eigenvalue weighted by atomic mass is 32.1. The molecular formula is C25H25N3O3S2. The number of anilines is 2. The van der Waals surface area contributed by atoms with Gasteiger partial charge in [-0.25, -0.2) is 0 Å². The minimum Gasteiger partial charge on any atom is -0.494 e. The summed E-state index contributed by atoms with van der Waals surface area (Å²) in [6, 6.07) is 16.7. The van der Waals surface area contributed by atoms with Crippen molar-refractivity contribution in [2.75, 3.05) is 17.7 Å². The first-order valence-electron chi connectivity index (χ1n) is 10.3. The van der Waals surface area contributed by atoms with Crippen molar-refractivity contribution in [1.29, 1.82) is 0 Å². The van der Waals surface area contributed by atoms with Gasteiger partial charge < -0.3 is 15.4 Å². The van der Waals surface area contributed by atoms with E-state index in [0.717, 1.165) is 5.56 Å². The summed E-state index contributed by atoms with van der Waals surface area (Å²) in [7, 11) is 1.51. The molecule has 33 heavy (non-hydrogen) atoms. The lowest BCUT2D eigenvalue weighted by molar-refractivity contribution is -0.115. The van der Waals surface area contributed by atoms with Crippen molar-refractivity contribution in [3.8, 4) is 5.75 Å². The van der Waals surface area contributed by atoms with Gasteiger partial charge in [-0.15, -0.1) is 11.3 Å². The van der Waals surface area contributed by atoms with Crippen molar-refractivity contribution in [3.05, 3.63) is 82.1 Å². The summed E-state index contributed by atoms with van der Waals surface area (Å²) in [4.78, 5) is 25.1. The van der Waals surface area contributed by atoms with E-state index in [4.69, 9.17) is 17.0 Å². The Kier molecular flexibility index (Phi) is 8.34. The van der Waals surface area contributed by atoms with E-state index >= 15 is 0 Å². The summed E-state index contributed by atoms with van der Waals surface area (Å²) < 4.78 is 5.38. The molecule has 3 aromatic rings. The number of thiocarbonyl (C=S) groups is 1. The van der Waals surface area contributed by atoms with Gasteiger partial charge in [0.2, 0.25) is 5.91 Å². The number of thiophene rings is 1. The Hall–Kier alpha value is -3.49. The molecule has 2 amide bonds. The van der Waals surface area contributed by atoms with Crippen molar-refractivity contribution >= 4 is 57.9 Å². The van der Waals surface area contributed by atoms with Gasteiger partial charge in [0.25, 0.3) is 5.91 Å². The fourth-order valence-electron chi connectivity index (χ4n) is 2.94. The average molecular weight is 480 g/mol. The van der Waals surface area contributed by atoms with Gasteiger partial charge in [0.15, 0.2) is 5.11 Å². The number of rotatable bonds is 7. The predicted molar refractivity (Wildman–Crippen MR) is 139 cm³/mol. The highest BCUT2D eigenvalue weighted by Crippen LogP contribution is 2.28. The van der Waals surface area contributed by atoms with Crippen LogP contribution in [-0.4, -0.2) is 24.0 Å². The Morgan fingerprint density at radius 1 is 1.06 bits per heavy atom. The third-order valence-corrected chi connectivity index (χ3v) is 5.79. The molecule has 0 spiro atoms. The molecule has 0 aliphatic heterocycles. The normalized spacial score (nSPS) is 10.8. The fourth-order valence-corrected chi connectivity index (χ4v) is 3.78. The molecule has 0 aliphatic carbocycles. The van der Waals surface area contributed by atoms with E-state index in [1.807, 2.05) is 35.7 Å². The molecule has 170 valence electrons.